The molecule has 5 nitrogen and oxygen atoms in total. The molecule has 0 aromatic carbocycles. The number of piperidine rings is 1. The highest BCUT2D eigenvalue weighted by Crippen LogP contribution is 2.35. The first-order valence-corrected chi connectivity index (χ1v) is 7.22. The average molecular weight is 277 g/mol. The van der Waals surface area contributed by atoms with Gasteiger partial charge in [-0.05, 0) is 38.4 Å². The molecule has 1 fully saturated rings. The molecule has 110 valence electrons. The summed E-state index contributed by atoms with van der Waals surface area (Å²) in [7, 11) is 1.58. The molecule has 1 amide bonds. The first-order chi connectivity index (χ1) is 9.70. The van der Waals surface area contributed by atoms with Crippen LogP contribution in [-0.4, -0.2) is 31.1 Å². The summed E-state index contributed by atoms with van der Waals surface area (Å²) >= 11 is 0. The third-order valence-electron chi connectivity index (χ3n) is 3.97. The van der Waals surface area contributed by atoms with Gasteiger partial charge in [0.15, 0.2) is 0 Å². The molecule has 0 saturated carbocycles. The zero-order valence-electron chi connectivity index (χ0n) is 12.2. The van der Waals surface area contributed by atoms with E-state index in [1.165, 1.54) is 0 Å². The summed E-state index contributed by atoms with van der Waals surface area (Å²) in [5, 5.41) is 6.33. The van der Waals surface area contributed by atoms with E-state index in [2.05, 4.69) is 22.5 Å². The number of anilines is 1. The van der Waals surface area contributed by atoms with Gasteiger partial charge in [-0.25, -0.2) is 4.98 Å². The van der Waals surface area contributed by atoms with Crippen molar-refractivity contribution in [3.05, 3.63) is 18.3 Å². The van der Waals surface area contributed by atoms with Crippen molar-refractivity contribution in [2.24, 2.45) is 5.41 Å². The van der Waals surface area contributed by atoms with Crippen molar-refractivity contribution in [2.45, 2.75) is 32.6 Å². The lowest BCUT2D eigenvalue weighted by Gasteiger charge is -2.36. The molecule has 0 spiro atoms. The second-order valence-electron chi connectivity index (χ2n) is 5.32. The minimum atomic E-state index is -0.236. The standard InChI is InChI=1S/C15H23N3O2/c1-3-6-15(7-9-16-10-8-15)14(19)18-12-4-5-13(20-2)17-11-12/h4-5,11,16H,3,6-10H2,1-2H3,(H,18,19). The van der Waals surface area contributed by atoms with Crippen molar-refractivity contribution in [1.29, 1.82) is 0 Å². The normalized spacial score (nSPS) is 17.5. The summed E-state index contributed by atoms with van der Waals surface area (Å²) in [4.78, 5) is 16.8. The molecule has 2 rings (SSSR count). The fourth-order valence-electron chi connectivity index (χ4n) is 2.81. The fourth-order valence-corrected chi connectivity index (χ4v) is 2.81. The SMILES string of the molecule is CCCC1(C(=O)Nc2ccc(OC)nc2)CCNCC1. The predicted molar refractivity (Wildman–Crippen MR) is 78.9 cm³/mol. The molecule has 0 unspecified atom stereocenters. The maximum Gasteiger partial charge on any atom is 0.230 e. The van der Waals surface area contributed by atoms with E-state index >= 15 is 0 Å². The Labute approximate surface area is 120 Å². The van der Waals surface area contributed by atoms with Crippen LogP contribution >= 0.6 is 0 Å². The lowest BCUT2D eigenvalue weighted by atomic mass is 9.74. The number of aromatic nitrogens is 1. The van der Waals surface area contributed by atoms with E-state index in [9.17, 15) is 4.79 Å². The summed E-state index contributed by atoms with van der Waals surface area (Å²) in [6.45, 7) is 3.95. The van der Waals surface area contributed by atoms with Gasteiger partial charge < -0.3 is 15.4 Å². The summed E-state index contributed by atoms with van der Waals surface area (Å²) in [6.07, 6.45) is 5.39. The van der Waals surface area contributed by atoms with Gasteiger partial charge in [0, 0.05) is 6.07 Å². The van der Waals surface area contributed by atoms with Gasteiger partial charge >= 0.3 is 0 Å². The number of nitrogens with zero attached hydrogens (tertiary/aromatic N) is 1. The molecule has 2 heterocycles. The number of pyridine rings is 1. The van der Waals surface area contributed by atoms with Gasteiger partial charge in [0.25, 0.3) is 0 Å². The number of hydrogen-bond donors (Lipinski definition) is 2. The molecule has 1 saturated heterocycles. The first kappa shape index (κ1) is 14.8. The fraction of sp³-hybridized carbons (Fsp3) is 0.600. The number of rotatable bonds is 5. The van der Waals surface area contributed by atoms with Crippen LogP contribution in [0, 0.1) is 5.41 Å². The van der Waals surface area contributed by atoms with Crippen LogP contribution in [0.3, 0.4) is 0 Å². The summed E-state index contributed by atoms with van der Waals surface area (Å²) in [5.41, 5.74) is 0.490. The molecule has 1 aromatic heterocycles. The number of methoxy groups -OCH3 is 1. The highest BCUT2D eigenvalue weighted by atomic mass is 16.5. The zero-order chi connectivity index (χ0) is 14.4. The van der Waals surface area contributed by atoms with Crippen LogP contribution in [0.4, 0.5) is 5.69 Å². The minimum Gasteiger partial charge on any atom is -0.481 e. The van der Waals surface area contributed by atoms with Gasteiger partial charge in [0.1, 0.15) is 0 Å². The van der Waals surface area contributed by atoms with Crippen LogP contribution in [0.25, 0.3) is 0 Å². The Balaban J connectivity index is 2.07. The molecule has 0 radical (unpaired) electrons. The third kappa shape index (κ3) is 3.28. The Kier molecular flexibility index (Phi) is 4.95. The molecule has 2 N–H and O–H groups in total. The number of hydrogen-bond acceptors (Lipinski definition) is 4. The smallest absolute Gasteiger partial charge is 0.230 e. The summed E-state index contributed by atoms with van der Waals surface area (Å²) in [6, 6.07) is 3.58. The summed E-state index contributed by atoms with van der Waals surface area (Å²) < 4.78 is 5.02. The third-order valence-corrected chi connectivity index (χ3v) is 3.97. The van der Waals surface area contributed by atoms with E-state index in [0.29, 0.717) is 5.88 Å². The minimum absolute atomic E-state index is 0.118. The summed E-state index contributed by atoms with van der Waals surface area (Å²) in [5.74, 6) is 0.668. The Morgan fingerprint density at radius 2 is 2.20 bits per heavy atom. The van der Waals surface area contributed by atoms with Gasteiger partial charge in [0.05, 0.1) is 24.4 Å². The van der Waals surface area contributed by atoms with Gasteiger partial charge in [-0.1, -0.05) is 13.3 Å². The van der Waals surface area contributed by atoms with Gasteiger partial charge in [0.2, 0.25) is 11.8 Å². The van der Waals surface area contributed by atoms with E-state index in [-0.39, 0.29) is 11.3 Å². The van der Waals surface area contributed by atoms with E-state index < -0.39 is 0 Å². The molecule has 1 aliphatic heterocycles. The first-order valence-electron chi connectivity index (χ1n) is 7.22. The molecule has 0 atom stereocenters. The zero-order valence-corrected chi connectivity index (χ0v) is 12.2. The van der Waals surface area contributed by atoms with Gasteiger partial charge in [-0.3, -0.25) is 4.79 Å². The maximum atomic E-state index is 12.6. The van der Waals surface area contributed by atoms with E-state index in [1.54, 1.807) is 19.4 Å². The van der Waals surface area contributed by atoms with Crippen LogP contribution in [-0.2, 0) is 4.79 Å². The topological polar surface area (TPSA) is 63.2 Å². The molecular formula is C15H23N3O2. The van der Waals surface area contributed by atoms with Crippen molar-refractivity contribution < 1.29 is 9.53 Å². The average Bonchev–Trinajstić information content (AvgIpc) is 2.49. The lowest BCUT2D eigenvalue weighted by molar-refractivity contribution is -0.127. The number of carbonyl (C=O) groups is 1. The lowest BCUT2D eigenvalue weighted by Crippen LogP contribution is -2.44. The monoisotopic (exact) mass is 277 g/mol. The van der Waals surface area contributed by atoms with Crippen LogP contribution in [0.5, 0.6) is 5.88 Å². The highest BCUT2D eigenvalue weighted by Gasteiger charge is 2.38. The second kappa shape index (κ2) is 6.70. The van der Waals surface area contributed by atoms with Gasteiger partial charge in [-0.15, -0.1) is 0 Å². The quantitative estimate of drug-likeness (QED) is 0.866. The van der Waals surface area contributed by atoms with Crippen molar-refractivity contribution in [1.82, 2.24) is 10.3 Å². The Morgan fingerprint density at radius 1 is 1.45 bits per heavy atom. The molecule has 0 aliphatic carbocycles. The Bertz CT molecular complexity index is 433. The number of nitrogens with one attached hydrogen (secondary N) is 2. The van der Waals surface area contributed by atoms with Crippen molar-refractivity contribution in [3.8, 4) is 5.88 Å². The maximum absolute atomic E-state index is 12.6. The number of amides is 1. The molecule has 5 heteroatoms. The van der Waals surface area contributed by atoms with E-state index in [0.717, 1.165) is 44.5 Å². The molecule has 1 aromatic rings. The predicted octanol–water partition coefficient (Wildman–Crippen LogP) is 2.20. The van der Waals surface area contributed by atoms with Crippen molar-refractivity contribution in [3.63, 3.8) is 0 Å². The van der Waals surface area contributed by atoms with Gasteiger partial charge in [-0.2, -0.15) is 0 Å². The number of ether oxygens (including phenoxy) is 1. The molecule has 20 heavy (non-hydrogen) atoms. The Morgan fingerprint density at radius 3 is 2.75 bits per heavy atom. The van der Waals surface area contributed by atoms with Crippen LogP contribution in [0.2, 0.25) is 0 Å². The van der Waals surface area contributed by atoms with Crippen LogP contribution in [0.1, 0.15) is 32.6 Å². The largest absolute Gasteiger partial charge is 0.481 e. The van der Waals surface area contributed by atoms with Crippen molar-refractivity contribution >= 4 is 11.6 Å². The number of carbonyl (C=O) groups excluding carboxylic acids is 1. The Hall–Kier alpha value is -1.62. The molecule has 0 bridgehead atoms. The molecule has 1 aliphatic rings. The molecular weight excluding hydrogens is 254 g/mol. The highest BCUT2D eigenvalue weighted by molar-refractivity contribution is 5.95. The van der Waals surface area contributed by atoms with Crippen molar-refractivity contribution in [2.75, 3.05) is 25.5 Å². The second-order valence-corrected chi connectivity index (χ2v) is 5.32. The van der Waals surface area contributed by atoms with E-state index in [4.69, 9.17) is 4.74 Å². The van der Waals surface area contributed by atoms with E-state index in [1.807, 2.05) is 6.07 Å². The van der Waals surface area contributed by atoms with Crippen LogP contribution in [0.15, 0.2) is 18.3 Å². The van der Waals surface area contributed by atoms with Crippen LogP contribution < -0.4 is 15.4 Å².